The predicted molar refractivity (Wildman–Crippen MR) is 97.4 cm³/mol. The Morgan fingerprint density at radius 1 is 1.21 bits per heavy atom. The zero-order valence-corrected chi connectivity index (χ0v) is 15.0. The van der Waals surface area contributed by atoms with E-state index in [1.54, 1.807) is 7.11 Å². The molecular formula is C20H25NO3. The summed E-state index contributed by atoms with van der Waals surface area (Å²) in [5.41, 5.74) is 3.28. The van der Waals surface area contributed by atoms with Gasteiger partial charge in [-0.1, -0.05) is 19.9 Å². The number of nitrogens with one attached hydrogen (secondary N) is 1. The van der Waals surface area contributed by atoms with Gasteiger partial charge in [-0.2, -0.15) is 0 Å². The molecule has 128 valence electrons. The lowest BCUT2D eigenvalue weighted by Crippen LogP contribution is -2.14. The van der Waals surface area contributed by atoms with Crippen molar-refractivity contribution in [3.8, 4) is 11.5 Å². The van der Waals surface area contributed by atoms with Gasteiger partial charge in [0, 0.05) is 17.3 Å². The molecule has 4 heteroatoms. The zero-order valence-electron chi connectivity index (χ0n) is 15.0. The Hall–Kier alpha value is -2.49. The Balaban J connectivity index is 2.29. The molecule has 0 aromatic heterocycles. The van der Waals surface area contributed by atoms with E-state index in [4.69, 9.17) is 9.47 Å². The number of benzene rings is 2. The highest BCUT2D eigenvalue weighted by atomic mass is 16.5. The number of hydrogen-bond donors (Lipinski definition) is 1. The Labute approximate surface area is 143 Å². The number of carbonyl (C=O) groups excluding carboxylic acids is 1. The van der Waals surface area contributed by atoms with Crippen molar-refractivity contribution >= 4 is 11.6 Å². The summed E-state index contributed by atoms with van der Waals surface area (Å²) in [6.45, 7) is 8.60. The summed E-state index contributed by atoms with van der Waals surface area (Å²) < 4.78 is 10.9. The van der Waals surface area contributed by atoms with E-state index in [9.17, 15) is 4.79 Å². The number of amides is 1. The highest BCUT2D eigenvalue weighted by Crippen LogP contribution is 2.30. The van der Waals surface area contributed by atoms with Crippen LogP contribution in [0.4, 0.5) is 5.69 Å². The van der Waals surface area contributed by atoms with E-state index in [0.717, 1.165) is 22.6 Å². The molecule has 2 aromatic carbocycles. The molecule has 0 heterocycles. The van der Waals surface area contributed by atoms with Crippen molar-refractivity contribution in [3.05, 3.63) is 53.1 Å². The highest BCUT2D eigenvalue weighted by Gasteiger charge is 2.16. The van der Waals surface area contributed by atoms with Gasteiger partial charge in [0.1, 0.15) is 11.5 Å². The topological polar surface area (TPSA) is 47.6 Å². The summed E-state index contributed by atoms with van der Waals surface area (Å²) in [5, 5.41) is 2.94. The molecule has 1 N–H and O–H groups in total. The van der Waals surface area contributed by atoms with Crippen LogP contribution in [0.2, 0.25) is 0 Å². The number of rotatable bonds is 6. The van der Waals surface area contributed by atoms with Crippen LogP contribution in [0.5, 0.6) is 11.5 Å². The van der Waals surface area contributed by atoms with E-state index in [1.165, 1.54) is 0 Å². The fraction of sp³-hybridized carbons (Fsp3) is 0.350. The third-order valence-electron chi connectivity index (χ3n) is 3.85. The van der Waals surface area contributed by atoms with Crippen molar-refractivity contribution in [2.75, 3.05) is 19.0 Å². The van der Waals surface area contributed by atoms with Crippen LogP contribution >= 0.6 is 0 Å². The Kier molecular flexibility index (Phi) is 5.85. The second kappa shape index (κ2) is 7.86. The second-order valence-corrected chi connectivity index (χ2v) is 5.98. The Morgan fingerprint density at radius 2 is 1.96 bits per heavy atom. The number of anilines is 1. The molecule has 2 rings (SSSR count). The molecule has 0 aliphatic carbocycles. The number of methoxy groups -OCH3 is 1. The van der Waals surface area contributed by atoms with Gasteiger partial charge in [0.15, 0.2) is 0 Å². The summed E-state index contributed by atoms with van der Waals surface area (Å²) in [4.78, 5) is 12.7. The molecule has 0 saturated carbocycles. The maximum atomic E-state index is 12.7. The van der Waals surface area contributed by atoms with Crippen LogP contribution in [0.3, 0.4) is 0 Å². The molecule has 0 bridgehead atoms. The lowest BCUT2D eigenvalue weighted by atomic mass is 9.96. The van der Waals surface area contributed by atoms with Crippen molar-refractivity contribution in [3.63, 3.8) is 0 Å². The summed E-state index contributed by atoms with van der Waals surface area (Å²) >= 11 is 0. The van der Waals surface area contributed by atoms with Gasteiger partial charge in [-0.3, -0.25) is 4.79 Å². The molecule has 0 fully saturated rings. The van der Waals surface area contributed by atoms with Crippen LogP contribution in [0.15, 0.2) is 36.4 Å². The van der Waals surface area contributed by atoms with Crippen LogP contribution in [0, 0.1) is 6.92 Å². The largest absolute Gasteiger partial charge is 0.496 e. The van der Waals surface area contributed by atoms with Gasteiger partial charge in [0.2, 0.25) is 0 Å². The van der Waals surface area contributed by atoms with Crippen molar-refractivity contribution < 1.29 is 14.3 Å². The molecular weight excluding hydrogens is 302 g/mol. The molecule has 4 nitrogen and oxygen atoms in total. The summed E-state index contributed by atoms with van der Waals surface area (Å²) in [6.07, 6.45) is 0. The first kappa shape index (κ1) is 17.9. The van der Waals surface area contributed by atoms with Crippen LogP contribution in [-0.2, 0) is 0 Å². The number of aryl methyl sites for hydroxylation is 1. The van der Waals surface area contributed by atoms with Crippen molar-refractivity contribution in [2.24, 2.45) is 0 Å². The fourth-order valence-electron chi connectivity index (χ4n) is 2.60. The van der Waals surface area contributed by atoms with Crippen LogP contribution < -0.4 is 14.8 Å². The average Bonchev–Trinajstić information content (AvgIpc) is 2.54. The zero-order chi connectivity index (χ0) is 17.7. The van der Waals surface area contributed by atoms with E-state index < -0.39 is 0 Å². The first-order valence-corrected chi connectivity index (χ1v) is 8.19. The van der Waals surface area contributed by atoms with E-state index in [1.807, 2.05) is 50.2 Å². The van der Waals surface area contributed by atoms with Gasteiger partial charge >= 0.3 is 0 Å². The van der Waals surface area contributed by atoms with Gasteiger partial charge in [-0.15, -0.1) is 0 Å². The summed E-state index contributed by atoms with van der Waals surface area (Å²) in [6, 6.07) is 11.2. The van der Waals surface area contributed by atoms with E-state index in [2.05, 4.69) is 19.2 Å². The normalized spacial score (nSPS) is 10.6. The van der Waals surface area contributed by atoms with Crippen molar-refractivity contribution in [1.29, 1.82) is 0 Å². The minimum Gasteiger partial charge on any atom is -0.496 e. The minimum atomic E-state index is -0.134. The Morgan fingerprint density at radius 3 is 2.58 bits per heavy atom. The van der Waals surface area contributed by atoms with Crippen LogP contribution in [0.25, 0.3) is 0 Å². The van der Waals surface area contributed by atoms with Gasteiger partial charge < -0.3 is 14.8 Å². The summed E-state index contributed by atoms with van der Waals surface area (Å²) in [7, 11) is 1.65. The molecule has 0 radical (unpaired) electrons. The van der Waals surface area contributed by atoms with Crippen LogP contribution in [-0.4, -0.2) is 19.6 Å². The molecule has 0 atom stereocenters. The Bertz CT molecular complexity index is 723. The molecule has 0 spiro atoms. The SMILES string of the molecule is CCOc1cccc(NC(=O)c2cc(C(C)C)c(OC)cc2C)c1. The van der Waals surface area contributed by atoms with E-state index in [-0.39, 0.29) is 11.8 Å². The smallest absolute Gasteiger partial charge is 0.255 e. The standard InChI is InChI=1S/C20H25NO3/c1-6-24-16-9-7-8-15(11-16)21-20(22)18-12-17(13(2)3)19(23-5)10-14(18)4/h7-13H,6H2,1-5H3,(H,21,22). The second-order valence-electron chi connectivity index (χ2n) is 5.98. The quantitative estimate of drug-likeness (QED) is 0.830. The first-order valence-electron chi connectivity index (χ1n) is 8.19. The lowest BCUT2D eigenvalue weighted by molar-refractivity contribution is 0.102. The van der Waals surface area contributed by atoms with Crippen molar-refractivity contribution in [1.82, 2.24) is 0 Å². The van der Waals surface area contributed by atoms with Gasteiger partial charge in [-0.25, -0.2) is 0 Å². The van der Waals surface area contributed by atoms with Crippen molar-refractivity contribution in [2.45, 2.75) is 33.6 Å². The molecule has 24 heavy (non-hydrogen) atoms. The average molecular weight is 327 g/mol. The molecule has 1 amide bonds. The van der Waals surface area contributed by atoms with E-state index in [0.29, 0.717) is 17.9 Å². The van der Waals surface area contributed by atoms with E-state index >= 15 is 0 Å². The predicted octanol–water partition coefficient (Wildman–Crippen LogP) is 4.78. The van der Waals surface area contributed by atoms with Gasteiger partial charge in [-0.05, 0) is 55.2 Å². The lowest BCUT2D eigenvalue weighted by Gasteiger charge is -2.16. The number of carbonyl (C=O) groups is 1. The monoisotopic (exact) mass is 327 g/mol. The molecule has 0 aliphatic heterocycles. The minimum absolute atomic E-state index is 0.134. The third kappa shape index (κ3) is 4.07. The highest BCUT2D eigenvalue weighted by molar-refractivity contribution is 6.05. The number of ether oxygens (including phenoxy) is 2. The van der Waals surface area contributed by atoms with Gasteiger partial charge in [0.05, 0.1) is 13.7 Å². The fourth-order valence-corrected chi connectivity index (χ4v) is 2.60. The maximum absolute atomic E-state index is 12.7. The van der Waals surface area contributed by atoms with Gasteiger partial charge in [0.25, 0.3) is 5.91 Å². The molecule has 0 aliphatic rings. The van der Waals surface area contributed by atoms with Crippen LogP contribution in [0.1, 0.15) is 48.2 Å². The first-order chi connectivity index (χ1) is 11.5. The molecule has 2 aromatic rings. The molecule has 0 saturated heterocycles. The third-order valence-corrected chi connectivity index (χ3v) is 3.85. The number of hydrogen-bond acceptors (Lipinski definition) is 3. The summed E-state index contributed by atoms with van der Waals surface area (Å²) in [5.74, 6) is 1.70. The maximum Gasteiger partial charge on any atom is 0.255 e. The molecule has 0 unspecified atom stereocenters.